The van der Waals surface area contributed by atoms with Gasteiger partial charge >= 0.3 is 0 Å². The molecule has 0 bridgehead atoms. The predicted octanol–water partition coefficient (Wildman–Crippen LogP) is 5.05. The summed E-state index contributed by atoms with van der Waals surface area (Å²) in [6.45, 7) is 5.03. The highest BCUT2D eigenvalue weighted by molar-refractivity contribution is 9.10. The first kappa shape index (κ1) is 18.0. The van der Waals surface area contributed by atoms with Crippen LogP contribution in [0.15, 0.2) is 51.6 Å². The SMILES string of the molecule is Cc1nc(CNC(=O)c2cc3oc(Br)cc3n2Cc2ccccc2)sc1C. The molecule has 0 unspecified atom stereocenters. The Labute approximate surface area is 169 Å². The fraction of sp³-hybridized carbons (Fsp3) is 0.200. The minimum atomic E-state index is -0.140. The molecule has 4 rings (SSSR count). The van der Waals surface area contributed by atoms with Crippen LogP contribution in [-0.4, -0.2) is 15.5 Å². The third-order valence-electron chi connectivity index (χ3n) is 4.45. The van der Waals surface area contributed by atoms with Crippen LogP contribution in [0.25, 0.3) is 11.1 Å². The first-order valence-corrected chi connectivity index (χ1v) is 10.2. The molecule has 1 amide bonds. The van der Waals surface area contributed by atoms with Gasteiger partial charge in [-0.2, -0.15) is 0 Å². The van der Waals surface area contributed by atoms with Crippen molar-refractivity contribution in [1.29, 1.82) is 0 Å². The normalized spacial score (nSPS) is 11.2. The van der Waals surface area contributed by atoms with E-state index in [2.05, 4.69) is 26.2 Å². The van der Waals surface area contributed by atoms with Gasteiger partial charge in [0, 0.05) is 23.6 Å². The molecule has 0 radical (unpaired) electrons. The van der Waals surface area contributed by atoms with E-state index in [1.807, 2.05) is 54.8 Å². The summed E-state index contributed by atoms with van der Waals surface area (Å²) in [7, 11) is 0. The summed E-state index contributed by atoms with van der Waals surface area (Å²) in [5, 5.41) is 3.89. The molecule has 7 heteroatoms. The molecule has 0 aliphatic heterocycles. The average Bonchev–Trinajstić information content (AvgIpc) is 3.27. The van der Waals surface area contributed by atoms with Crippen molar-refractivity contribution in [2.45, 2.75) is 26.9 Å². The standard InChI is InChI=1S/C20H18BrN3O2S/c1-12-13(2)27-19(23-12)10-22-20(25)16-8-17-15(9-18(21)26-17)24(16)11-14-6-4-3-5-7-14/h3-9H,10-11H2,1-2H3,(H,22,25). The number of furan rings is 1. The predicted molar refractivity (Wildman–Crippen MR) is 110 cm³/mol. The lowest BCUT2D eigenvalue weighted by Gasteiger charge is -2.10. The van der Waals surface area contributed by atoms with Gasteiger partial charge in [0.05, 0.1) is 17.8 Å². The Kier molecular flexibility index (Phi) is 4.88. The van der Waals surface area contributed by atoms with Crippen LogP contribution < -0.4 is 5.32 Å². The molecular formula is C20H18BrN3O2S. The number of nitrogens with zero attached hydrogens (tertiary/aromatic N) is 2. The number of amides is 1. The Hall–Kier alpha value is -2.38. The maximum atomic E-state index is 12.9. The topological polar surface area (TPSA) is 60.1 Å². The fourth-order valence-electron chi connectivity index (χ4n) is 3.00. The summed E-state index contributed by atoms with van der Waals surface area (Å²) < 4.78 is 8.29. The van der Waals surface area contributed by atoms with Crippen molar-refractivity contribution in [3.05, 3.63) is 74.0 Å². The molecule has 0 saturated carbocycles. The summed E-state index contributed by atoms with van der Waals surface area (Å²) >= 11 is 4.98. The number of aryl methyl sites for hydroxylation is 2. The number of halogens is 1. The van der Waals surface area contributed by atoms with Crippen LogP contribution in [0.2, 0.25) is 0 Å². The Bertz CT molecular complexity index is 1090. The van der Waals surface area contributed by atoms with Gasteiger partial charge in [-0.1, -0.05) is 30.3 Å². The lowest BCUT2D eigenvalue weighted by atomic mass is 10.2. The Balaban J connectivity index is 1.62. The van der Waals surface area contributed by atoms with E-state index >= 15 is 0 Å². The maximum Gasteiger partial charge on any atom is 0.268 e. The lowest BCUT2D eigenvalue weighted by Crippen LogP contribution is -2.25. The monoisotopic (exact) mass is 443 g/mol. The molecule has 1 aromatic carbocycles. The molecule has 1 N–H and O–H groups in total. The summed E-state index contributed by atoms with van der Waals surface area (Å²) in [5.74, 6) is -0.140. The Morgan fingerprint density at radius 1 is 1.26 bits per heavy atom. The zero-order valence-corrected chi connectivity index (χ0v) is 17.4. The number of hydrogen-bond donors (Lipinski definition) is 1. The third-order valence-corrected chi connectivity index (χ3v) is 5.91. The second-order valence-corrected chi connectivity index (χ2v) is 8.40. The average molecular weight is 444 g/mol. The van der Waals surface area contributed by atoms with E-state index in [9.17, 15) is 4.79 Å². The number of carbonyl (C=O) groups is 1. The van der Waals surface area contributed by atoms with Crippen molar-refractivity contribution >= 4 is 44.3 Å². The van der Waals surface area contributed by atoms with E-state index < -0.39 is 0 Å². The van der Waals surface area contributed by atoms with E-state index in [4.69, 9.17) is 4.42 Å². The van der Waals surface area contributed by atoms with Gasteiger partial charge in [0.2, 0.25) is 0 Å². The molecule has 0 spiro atoms. The Morgan fingerprint density at radius 2 is 2.04 bits per heavy atom. The van der Waals surface area contributed by atoms with Crippen LogP contribution in [0.4, 0.5) is 0 Å². The molecule has 5 nitrogen and oxygen atoms in total. The first-order chi connectivity index (χ1) is 13.0. The van der Waals surface area contributed by atoms with Crippen LogP contribution in [0, 0.1) is 13.8 Å². The number of rotatable bonds is 5. The van der Waals surface area contributed by atoms with Gasteiger partial charge in [-0.15, -0.1) is 11.3 Å². The van der Waals surface area contributed by atoms with Crippen molar-refractivity contribution in [1.82, 2.24) is 14.9 Å². The van der Waals surface area contributed by atoms with E-state index in [0.717, 1.165) is 21.8 Å². The highest BCUT2D eigenvalue weighted by Crippen LogP contribution is 2.28. The number of thiazole rings is 1. The van der Waals surface area contributed by atoms with Crippen molar-refractivity contribution in [2.75, 3.05) is 0 Å². The fourth-order valence-corrected chi connectivity index (χ4v) is 4.26. The number of carbonyl (C=O) groups excluding carboxylic acids is 1. The minimum absolute atomic E-state index is 0.140. The van der Waals surface area contributed by atoms with Gasteiger partial charge in [0.25, 0.3) is 5.91 Å². The number of benzene rings is 1. The number of hydrogen-bond acceptors (Lipinski definition) is 4. The number of nitrogens with one attached hydrogen (secondary N) is 1. The molecule has 0 aliphatic rings. The summed E-state index contributed by atoms with van der Waals surface area (Å²) in [4.78, 5) is 18.5. The van der Waals surface area contributed by atoms with Crippen LogP contribution in [0.3, 0.4) is 0 Å². The third kappa shape index (κ3) is 3.70. The van der Waals surface area contributed by atoms with Gasteiger partial charge in [-0.05, 0) is 35.3 Å². The molecular weight excluding hydrogens is 426 g/mol. The highest BCUT2D eigenvalue weighted by Gasteiger charge is 2.19. The molecule has 27 heavy (non-hydrogen) atoms. The smallest absolute Gasteiger partial charge is 0.268 e. The zero-order valence-electron chi connectivity index (χ0n) is 15.0. The number of aromatic nitrogens is 2. The maximum absolute atomic E-state index is 12.9. The molecule has 3 aromatic heterocycles. The number of fused-ring (bicyclic) bond motifs is 1. The summed E-state index contributed by atoms with van der Waals surface area (Å²) in [6, 6.07) is 13.7. The van der Waals surface area contributed by atoms with Crippen molar-refractivity contribution < 1.29 is 9.21 Å². The van der Waals surface area contributed by atoms with Crippen molar-refractivity contribution in [3.8, 4) is 0 Å². The van der Waals surface area contributed by atoms with E-state index in [1.54, 1.807) is 17.4 Å². The van der Waals surface area contributed by atoms with E-state index in [0.29, 0.717) is 29.0 Å². The molecule has 0 atom stereocenters. The summed E-state index contributed by atoms with van der Waals surface area (Å²) in [6.07, 6.45) is 0. The second-order valence-electron chi connectivity index (χ2n) is 6.33. The lowest BCUT2D eigenvalue weighted by molar-refractivity contribution is 0.0942. The van der Waals surface area contributed by atoms with Gasteiger partial charge in [0.1, 0.15) is 10.7 Å². The summed E-state index contributed by atoms with van der Waals surface area (Å²) in [5.41, 5.74) is 4.28. The van der Waals surface area contributed by atoms with Crippen molar-refractivity contribution in [2.24, 2.45) is 0 Å². The first-order valence-electron chi connectivity index (χ1n) is 8.55. The molecule has 3 heterocycles. The van der Waals surface area contributed by atoms with Gasteiger partial charge in [-0.3, -0.25) is 4.79 Å². The Morgan fingerprint density at radius 3 is 2.74 bits per heavy atom. The van der Waals surface area contributed by atoms with Crippen molar-refractivity contribution in [3.63, 3.8) is 0 Å². The van der Waals surface area contributed by atoms with Crippen LogP contribution in [-0.2, 0) is 13.1 Å². The molecule has 138 valence electrons. The highest BCUT2D eigenvalue weighted by atomic mass is 79.9. The van der Waals surface area contributed by atoms with Gasteiger partial charge in [0.15, 0.2) is 10.3 Å². The molecule has 4 aromatic rings. The minimum Gasteiger partial charge on any atom is -0.448 e. The second kappa shape index (κ2) is 7.32. The van der Waals surface area contributed by atoms with E-state index in [-0.39, 0.29) is 5.91 Å². The largest absolute Gasteiger partial charge is 0.448 e. The molecule has 0 saturated heterocycles. The van der Waals surface area contributed by atoms with Gasteiger partial charge < -0.3 is 14.3 Å². The quantitative estimate of drug-likeness (QED) is 0.469. The van der Waals surface area contributed by atoms with Crippen LogP contribution in [0.1, 0.15) is 31.6 Å². The zero-order chi connectivity index (χ0) is 19.0. The van der Waals surface area contributed by atoms with Crippen LogP contribution in [0.5, 0.6) is 0 Å². The van der Waals surface area contributed by atoms with E-state index in [1.165, 1.54) is 4.88 Å². The molecule has 0 aliphatic carbocycles. The molecule has 0 fully saturated rings. The van der Waals surface area contributed by atoms with Gasteiger partial charge in [-0.25, -0.2) is 4.98 Å². The van der Waals surface area contributed by atoms with Crippen LogP contribution >= 0.6 is 27.3 Å².